The maximum Gasteiger partial charge on any atom is 0.264 e. The molecule has 184 valence electrons. The number of benzene rings is 4. The number of rotatable bonds is 8. The summed E-state index contributed by atoms with van der Waals surface area (Å²) in [5.41, 5.74) is 3.92. The maximum absolute atomic E-state index is 13.6. The number of hydrogen-bond acceptors (Lipinski definition) is 3. The van der Waals surface area contributed by atoms with Crippen LogP contribution in [0.3, 0.4) is 0 Å². The molecule has 0 bridgehead atoms. The van der Waals surface area contributed by atoms with E-state index in [1.165, 1.54) is 36.4 Å². The van der Waals surface area contributed by atoms with Crippen molar-refractivity contribution in [1.82, 2.24) is 5.32 Å². The van der Waals surface area contributed by atoms with Crippen LogP contribution in [0.1, 0.15) is 28.3 Å². The zero-order chi connectivity index (χ0) is 25.7. The van der Waals surface area contributed by atoms with E-state index in [1.54, 1.807) is 12.1 Å². The second-order valence-corrected chi connectivity index (χ2v) is 10.5. The summed E-state index contributed by atoms with van der Waals surface area (Å²) in [5.74, 6) is -0.996. The van der Waals surface area contributed by atoms with Crippen molar-refractivity contribution in [3.63, 3.8) is 0 Å². The van der Waals surface area contributed by atoms with E-state index in [2.05, 4.69) is 5.32 Å². The van der Waals surface area contributed by atoms with Gasteiger partial charge in [-0.1, -0.05) is 77.9 Å². The molecule has 0 saturated heterocycles. The predicted molar refractivity (Wildman–Crippen MR) is 140 cm³/mol. The Bertz CT molecular complexity index is 1420. The molecule has 7 heteroatoms. The fraction of sp³-hybridized carbons (Fsp3) is 0.138. The van der Waals surface area contributed by atoms with E-state index in [0.717, 1.165) is 26.6 Å². The molecule has 1 atom stereocenters. The van der Waals surface area contributed by atoms with Crippen molar-refractivity contribution in [1.29, 1.82) is 0 Å². The average molecular weight is 503 g/mol. The van der Waals surface area contributed by atoms with E-state index in [4.69, 9.17) is 0 Å². The molecule has 0 heterocycles. The van der Waals surface area contributed by atoms with E-state index < -0.39 is 34.3 Å². The molecule has 4 rings (SSSR count). The standard InChI is InChI=1S/C29H27FN2O3S/c1-21-8-12-24(13-9-21)29(23-6-4-3-5-7-23)31-28(33)20-32(26-16-14-25(30)15-17-26)36(34,35)27-18-10-22(2)11-19-27/h3-19,29H,20H2,1-2H3,(H,31,33). The minimum atomic E-state index is -4.10. The van der Waals surface area contributed by atoms with Gasteiger partial charge in [0, 0.05) is 0 Å². The van der Waals surface area contributed by atoms with Crippen molar-refractivity contribution in [3.8, 4) is 0 Å². The number of halogens is 1. The Balaban J connectivity index is 1.68. The molecule has 36 heavy (non-hydrogen) atoms. The van der Waals surface area contributed by atoms with Crippen LogP contribution in [-0.4, -0.2) is 20.9 Å². The van der Waals surface area contributed by atoms with Gasteiger partial charge in [0.05, 0.1) is 16.6 Å². The summed E-state index contributed by atoms with van der Waals surface area (Å²) in [7, 11) is -4.10. The van der Waals surface area contributed by atoms with E-state index in [-0.39, 0.29) is 10.6 Å². The van der Waals surface area contributed by atoms with Crippen LogP contribution in [-0.2, 0) is 14.8 Å². The zero-order valence-electron chi connectivity index (χ0n) is 20.1. The Labute approximate surface area is 211 Å². The number of carbonyl (C=O) groups is 1. The van der Waals surface area contributed by atoms with Crippen LogP contribution in [0, 0.1) is 19.7 Å². The molecule has 1 unspecified atom stereocenters. The topological polar surface area (TPSA) is 66.5 Å². The number of nitrogens with one attached hydrogen (secondary N) is 1. The van der Waals surface area contributed by atoms with Gasteiger partial charge in [0.1, 0.15) is 12.4 Å². The Hall–Kier alpha value is -3.97. The van der Waals surface area contributed by atoms with Gasteiger partial charge in [-0.25, -0.2) is 12.8 Å². The van der Waals surface area contributed by atoms with Crippen molar-refractivity contribution in [2.45, 2.75) is 24.8 Å². The van der Waals surface area contributed by atoms with E-state index in [1.807, 2.05) is 68.4 Å². The lowest BCUT2D eigenvalue weighted by atomic mass is 9.98. The Morgan fingerprint density at radius 2 is 1.31 bits per heavy atom. The van der Waals surface area contributed by atoms with Crippen molar-refractivity contribution < 1.29 is 17.6 Å². The highest BCUT2D eigenvalue weighted by Crippen LogP contribution is 2.26. The number of carbonyl (C=O) groups excluding carboxylic acids is 1. The van der Waals surface area contributed by atoms with Gasteiger partial charge in [-0.2, -0.15) is 0 Å². The van der Waals surface area contributed by atoms with Crippen LogP contribution < -0.4 is 9.62 Å². The van der Waals surface area contributed by atoms with Crippen LogP contribution in [0.25, 0.3) is 0 Å². The molecule has 0 aliphatic carbocycles. The molecule has 5 nitrogen and oxygen atoms in total. The lowest BCUT2D eigenvalue weighted by Crippen LogP contribution is -2.42. The smallest absolute Gasteiger partial charge is 0.264 e. The number of amides is 1. The largest absolute Gasteiger partial charge is 0.344 e. The minimum absolute atomic E-state index is 0.0448. The molecular formula is C29H27FN2O3S. The Kier molecular flexibility index (Phi) is 7.50. The highest BCUT2D eigenvalue weighted by Gasteiger charge is 2.28. The first-order valence-corrected chi connectivity index (χ1v) is 12.9. The van der Waals surface area contributed by atoms with Gasteiger partial charge in [0.25, 0.3) is 10.0 Å². The van der Waals surface area contributed by atoms with Crippen LogP contribution >= 0.6 is 0 Å². The monoisotopic (exact) mass is 502 g/mol. The third kappa shape index (κ3) is 5.80. The Morgan fingerprint density at radius 1 is 0.778 bits per heavy atom. The fourth-order valence-electron chi connectivity index (χ4n) is 3.86. The molecule has 0 spiro atoms. The molecule has 4 aromatic carbocycles. The number of aryl methyl sites for hydroxylation is 2. The van der Waals surface area contributed by atoms with Crippen LogP contribution in [0.15, 0.2) is 108 Å². The molecule has 4 aromatic rings. The van der Waals surface area contributed by atoms with Crippen LogP contribution in [0.2, 0.25) is 0 Å². The molecule has 1 amide bonds. The molecule has 0 aliphatic heterocycles. The number of sulfonamides is 1. The van der Waals surface area contributed by atoms with Gasteiger partial charge < -0.3 is 5.32 Å². The summed E-state index contributed by atoms with van der Waals surface area (Å²) in [5, 5.41) is 2.99. The summed E-state index contributed by atoms with van der Waals surface area (Å²) in [6, 6.07) is 28.2. The predicted octanol–water partition coefficient (Wildman–Crippen LogP) is 5.54. The van der Waals surface area contributed by atoms with Gasteiger partial charge >= 0.3 is 0 Å². The molecular weight excluding hydrogens is 475 g/mol. The minimum Gasteiger partial charge on any atom is -0.344 e. The summed E-state index contributed by atoms with van der Waals surface area (Å²) >= 11 is 0. The van der Waals surface area contributed by atoms with Crippen molar-refractivity contribution in [3.05, 3.63) is 131 Å². The van der Waals surface area contributed by atoms with Gasteiger partial charge in [0.15, 0.2) is 0 Å². The second-order valence-electron chi connectivity index (χ2n) is 8.62. The van der Waals surface area contributed by atoms with Crippen LogP contribution in [0.5, 0.6) is 0 Å². The van der Waals surface area contributed by atoms with Crippen LogP contribution in [0.4, 0.5) is 10.1 Å². The third-order valence-corrected chi connectivity index (χ3v) is 7.65. The molecule has 0 aliphatic rings. The SMILES string of the molecule is Cc1ccc(C(NC(=O)CN(c2ccc(F)cc2)S(=O)(=O)c2ccc(C)cc2)c2ccccc2)cc1. The summed E-state index contributed by atoms with van der Waals surface area (Å²) < 4.78 is 41.8. The number of hydrogen-bond donors (Lipinski definition) is 1. The second kappa shape index (κ2) is 10.7. The van der Waals surface area contributed by atoms with E-state index >= 15 is 0 Å². The molecule has 0 radical (unpaired) electrons. The molecule has 0 aromatic heterocycles. The maximum atomic E-state index is 13.6. The zero-order valence-corrected chi connectivity index (χ0v) is 20.9. The fourth-order valence-corrected chi connectivity index (χ4v) is 5.28. The first-order valence-electron chi connectivity index (χ1n) is 11.5. The highest BCUT2D eigenvalue weighted by atomic mass is 32.2. The van der Waals surface area contributed by atoms with Crippen molar-refractivity contribution in [2.24, 2.45) is 0 Å². The number of nitrogens with zero attached hydrogens (tertiary/aromatic N) is 1. The highest BCUT2D eigenvalue weighted by molar-refractivity contribution is 7.92. The molecule has 0 saturated carbocycles. The van der Waals surface area contributed by atoms with Crippen molar-refractivity contribution in [2.75, 3.05) is 10.8 Å². The van der Waals surface area contributed by atoms with E-state index in [9.17, 15) is 17.6 Å². The first kappa shape index (κ1) is 25.1. The van der Waals surface area contributed by atoms with Crippen molar-refractivity contribution >= 4 is 21.6 Å². The molecule has 0 fully saturated rings. The van der Waals surface area contributed by atoms with Gasteiger partial charge in [-0.15, -0.1) is 0 Å². The third-order valence-electron chi connectivity index (χ3n) is 5.86. The quantitative estimate of drug-likeness (QED) is 0.344. The molecule has 1 N–H and O–H groups in total. The average Bonchev–Trinajstić information content (AvgIpc) is 2.88. The van der Waals surface area contributed by atoms with Gasteiger partial charge in [-0.3, -0.25) is 9.10 Å². The van der Waals surface area contributed by atoms with E-state index in [0.29, 0.717) is 0 Å². The summed E-state index contributed by atoms with van der Waals surface area (Å²) in [4.78, 5) is 13.4. The Morgan fingerprint density at radius 3 is 1.89 bits per heavy atom. The lowest BCUT2D eigenvalue weighted by Gasteiger charge is -2.26. The first-order chi connectivity index (χ1) is 17.2. The lowest BCUT2D eigenvalue weighted by molar-refractivity contribution is -0.120. The van der Waals surface area contributed by atoms with Gasteiger partial charge in [-0.05, 0) is 61.4 Å². The summed E-state index contributed by atoms with van der Waals surface area (Å²) in [6.45, 7) is 3.36. The summed E-state index contributed by atoms with van der Waals surface area (Å²) in [6.07, 6.45) is 0. The normalized spacial score (nSPS) is 12.1. The van der Waals surface area contributed by atoms with Gasteiger partial charge in [0.2, 0.25) is 5.91 Å². The number of anilines is 1.